The van der Waals surface area contributed by atoms with Crippen LogP contribution in [0.1, 0.15) is 19.3 Å². The topological polar surface area (TPSA) is 59.7 Å². The molecule has 0 atom stereocenters. The van der Waals surface area contributed by atoms with Crippen LogP contribution in [-0.2, 0) is 4.79 Å². The van der Waals surface area contributed by atoms with Gasteiger partial charge in [-0.2, -0.15) is 0 Å². The minimum Gasteiger partial charge on any atom is -0.494 e. The van der Waals surface area contributed by atoms with Crippen molar-refractivity contribution < 1.29 is 19.1 Å². The van der Waals surface area contributed by atoms with Crippen molar-refractivity contribution in [1.29, 1.82) is 0 Å². The molecular formula is C17H16O4. The zero-order chi connectivity index (χ0) is 14.7. The number of hydrogen-bond acceptors (Lipinski definition) is 3. The molecule has 0 aliphatic rings. The van der Waals surface area contributed by atoms with Gasteiger partial charge in [0.15, 0.2) is 0 Å². The molecule has 3 rings (SSSR count). The Labute approximate surface area is 121 Å². The van der Waals surface area contributed by atoms with Crippen molar-refractivity contribution >= 4 is 27.9 Å². The van der Waals surface area contributed by atoms with Crippen molar-refractivity contribution in [2.75, 3.05) is 6.61 Å². The fraction of sp³-hybridized carbons (Fsp3) is 0.235. The number of furan rings is 1. The molecule has 0 saturated carbocycles. The third kappa shape index (κ3) is 2.99. The Morgan fingerprint density at radius 2 is 1.86 bits per heavy atom. The van der Waals surface area contributed by atoms with Crippen LogP contribution in [0.5, 0.6) is 5.75 Å². The average molecular weight is 284 g/mol. The standard InChI is InChI=1S/C17H16O4/c18-17(19)7-3-4-10-20-12-8-9-16-14(11-12)13-5-1-2-6-15(13)21-16/h1-2,5-6,8-9,11H,3-4,7,10H2,(H,18,19). The van der Waals surface area contributed by atoms with E-state index in [1.54, 1.807) is 0 Å². The van der Waals surface area contributed by atoms with E-state index in [1.807, 2.05) is 42.5 Å². The highest BCUT2D eigenvalue weighted by Gasteiger charge is 2.07. The molecule has 108 valence electrons. The summed E-state index contributed by atoms with van der Waals surface area (Å²) in [5, 5.41) is 10.7. The fourth-order valence-electron chi connectivity index (χ4n) is 2.36. The summed E-state index contributed by atoms with van der Waals surface area (Å²) in [6.45, 7) is 0.522. The van der Waals surface area contributed by atoms with Gasteiger partial charge in [-0.25, -0.2) is 0 Å². The van der Waals surface area contributed by atoms with E-state index in [0.29, 0.717) is 13.0 Å². The number of ether oxygens (including phenoxy) is 1. The van der Waals surface area contributed by atoms with Gasteiger partial charge in [-0.3, -0.25) is 4.79 Å². The predicted molar refractivity (Wildman–Crippen MR) is 80.7 cm³/mol. The van der Waals surface area contributed by atoms with Gasteiger partial charge >= 0.3 is 5.97 Å². The highest BCUT2D eigenvalue weighted by atomic mass is 16.5. The Balaban J connectivity index is 1.72. The quantitative estimate of drug-likeness (QED) is 0.688. The molecule has 4 nitrogen and oxygen atoms in total. The number of rotatable bonds is 6. The van der Waals surface area contributed by atoms with Crippen LogP contribution < -0.4 is 4.74 Å². The van der Waals surface area contributed by atoms with Crippen LogP contribution in [-0.4, -0.2) is 17.7 Å². The summed E-state index contributed by atoms with van der Waals surface area (Å²) in [5.74, 6) is 0.0191. The lowest BCUT2D eigenvalue weighted by molar-refractivity contribution is -0.137. The fourth-order valence-corrected chi connectivity index (χ4v) is 2.36. The van der Waals surface area contributed by atoms with E-state index < -0.39 is 5.97 Å². The van der Waals surface area contributed by atoms with E-state index in [9.17, 15) is 4.79 Å². The highest BCUT2D eigenvalue weighted by Crippen LogP contribution is 2.31. The molecule has 1 aromatic heterocycles. The number of carboxylic acid groups (broad SMARTS) is 1. The second-order valence-electron chi connectivity index (χ2n) is 4.96. The molecule has 2 aromatic carbocycles. The van der Waals surface area contributed by atoms with Crippen molar-refractivity contribution in [1.82, 2.24) is 0 Å². The zero-order valence-electron chi connectivity index (χ0n) is 11.5. The van der Waals surface area contributed by atoms with Gasteiger partial charge in [-0.15, -0.1) is 0 Å². The van der Waals surface area contributed by atoms with Gasteiger partial charge in [0.05, 0.1) is 6.61 Å². The molecule has 0 amide bonds. The van der Waals surface area contributed by atoms with Crippen molar-refractivity contribution in [2.45, 2.75) is 19.3 Å². The molecule has 3 aromatic rings. The van der Waals surface area contributed by atoms with E-state index in [0.717, 1.165) is 34.1 Å². The number of aliphatic carboxylic acids is 1. The van der Waals surface area contributed by atoms with Gasteiger partial charge in [0.1, 0.15) is 16.9 Å². The van der Waals surface area contributed by atoms with E-state index in [-0.39, 0.29) is 6.42 Å². The van der Waals surface area contributed by atoms with Crippen molar-refractivity contribution in [2.24, 2.45) is 0 Å². The van der Waals surface area contributed by atoms with Crippen LogP contribution in [0, 0.1) is 0 Å². The van der Waals surface area contributed by atoms with Crippen molar-refractivity contribution in [3.8, 4) is 5.75 Å². The van der Waals surface area contributed by atoms with E-state index in [2.05, 4.69) is 0 Å². The van der Waals surface area contributed by atoms with Gasteiger partial charge in [0.25, 0.3) is 0 Å². The molecule has 0 aliphatic carbocycles. The van der Waals surface area contributed by atoms with Crippen LogP contribution in [0.25, 0.3) is 21.9 Å². The summed E-state index contributed by atoms with van der Waals surface area (Å²) in [7, 11) is 0. The van der Waals surface area contributed by atoms with Gasteiger partial charge in [-0.05, 0) is 37.1 Å². The predicted octanol–water partition coefficient (Wildman–Crippen LogP) is 4.22. The second kappa shape index (κ2) is 5.87. The maximum atomic E-state index is 10.4. The van der Waals surface area contributed by atoms with Gasteiger partial charge in [0, 0.05) is 17.2 Å². The minimum absolute atomic E-state index is 0.189. The number of carboxylic acids is 1. The molecular weight excluding hydrogens is 268 g/mol. The average Bonchev–Trinajstić information content (AvgIpc) is 2.84. The van der Waals surface area contributed by atoms with Gasteiger partial charge in [0.2, 0.25) is 0 Å². The molecule has 0 fully saturated rings. The molecule has 0 bridgehead atoms. The minimum atomic E-state index is -0.763. The molecule has 4 heteroatoms. The Hall–Kier alpha value is -2.49. The molecule has 0 radical (unpaired) electrons. The Morgan fingerprint density at radius 3 is 2.71 bits per heavy atom. The molecule has 0 aliphatic heterocycles. The number of unbranched alkanes of at least 4 members (excludes halogenated alkanes) is 1. The maximum absolute atomic E-state index is 10.4. The lowest BCUT2D eigenvalue weighted by atomic mass is 10.1. The normalized spacial score (nSPS) is 11.0. The third-order valence-corrected chi connectivity index (χ3v) is 3.40. The number of fused-ring (bicyclic) bond motifs is 3. The van der Waals surface area contributed by atoms with Crippen LogP contribution >= 0.6 is 0 Å². The molecule has 0 saturated heterocycles. The monoisotopic (exact) mass is 284 g/mol. The summed E-state index contributed by atoms with van der Waals surface area (Å²) in [4.78, 5) is 10.4. The summed E-state index contributed by atoms with van der Waals surface area (Å²) in [6.07, 6.45) is 1.55. The Morgan fingerprint density at radius 1 is 1.05 bits per heavy atom. The van der Waals surface area contributed by atoms with Gasteiger partial charge < -0.3 is 14.3 Å². The summed E-state index contributed by atoms with van der Waals surface area (Å²) in [5.41, 5.74) is 1.71. The molecule has 1 heterocycles. The Bertz CT molecular complexity index is 773. The first-order valence-electron chi connectivity index (χ1n) is 7.00. The first-order chi connectivity index (χ1) is 10.2. The zero-order valence-corrected chi connectivity index (χ0v) is 11.5. The van der Waals surface area contributed by atoms with Crippen LogP contribution in [0.2, 0.25) is 0 Å². The first kappa shape index (κ1) is 13.5. The van der Waals surface area contributed by atoms with Crippen molar-refractivity contribution in [3.05, 3.63) is 42.5 Å². The molecule has 1 N–H and O–H groups in total. The molecule has 0 unspecified atom stereocenters. The second-order valence-corrected chi connectivity index (χ2v) is 4.96. The van der Waals surface area contributed by atoms with Crippen LogP contribution in [0.15, 0.2) is 46.9 Å². The van der Waals surface area contributed by atoms with Crippen molar-refractivity contribution in [3.63, 3.8) is 0 Å². The van der Waals surface area contributed by atoms with Gasteiger partial charge in [-0.1, -0.05) is 18.2 Å². The number of para-hydroxylation sites is 1. The number of carbonyl (C=O) groups is 1. The summed E-state index contributed by atoms with van der Waals surface area (Å²) in [6, 6.07) is 13.7. The van der Waals surface area contributed by atoms with E-state index in [4.69, 9.17) is 14.3 Å². The summed E-state index contributed by atoms with van der Waals surface area (Å²) < 4.78 is 11.4. The smallest absolute Gasteiger partial charge is 0.303 e. The summed E-state index contributed by atoms with van der Waals surface area (Å²) >= 11 is 0. The largest absolute Gasteiger partial charge is 0.494 e. The lowest BCUT2D eigenvalue weighted by Crippen LogP contribution is -2.00. The lowest BCUT2D eigenvalue weighted by Gasteiger charge is -2.05. The Kier molecular flexibility index (Phi) is 3.77. The van der Waals surface area contributed by atoms with Crippen LogP contribution in [0.3, 0.4) is 0 Å². The molecule has 21 heavy (non-hydrogen) atoms. The van der Waals surface area contributed by atoms with E-state index >= 15 is 0 Å². The first-order valence-corrected chi connectivity index (χ1v) is 7.00. The highest BCUT2D eigenvalue weighted by molar-refractivity contribution is 6.05. The number of benzene rings is 2. The van der Waals surface area contributed by atoms with Crippen LogP contribution in [0.4, 0.5) is 0 Å². The maximum Gasteiger partial charge on any atom is 0.303 e. The number of hydrogen-bond donors (Lipinski definition) is 1. The molecule has 0 spiro atoms. The van der Waals surface area contributed by atoms with E-state index in [1.165, 1.54) is 0 Å². The SMILES string of the molecule is O=C(O)CCCCOc1ccc2oc3ccccc3c2c1. The third-order valence-electron chi connectivity index (χ3n) is 3.40.